The number of ether oxygens (including phenoxy) is 1. The highest BCUT2D eigenvalue weighted by atomic mass is 79.9. The summed E-state index contributed by atoms with van der Waals surface area (Å²) < 4.78 is 6.10. The number of hydrogen-bond acceptors (Lipinski definition) is 6. The molecule has 8 nitrogen and oxygen atoms in total. The number of carbonyl (C=O) groups excluding carboxylic acids is 1. The molecule has 29 heavy (non-hydrogen) atoms. The first-order chi connectivity index (χ1) is 14.1. The van der Waals surface area contributed by atoms with Gasteiger partial charge in [-0.2, -0.15) is 0 Å². The van der Waals surface area contributed by atoms with Crippen LogP contribution in [0.15, 0.2) is 34.0 Å². The summed E-state index contributed by atoms with van der Waals surface area (Å²) in [5.41, 5.74) is 4.28. The number of anilines is 2. The standard InChI is InChI=1S/C20H19BrN6O2/c1-11-9-29-5-4-27(11)20(28)17-16(21)15-18(23-10-24-19(15)26-17)25-14-3-2-12-7-22-8-13(12)6-14/h2-3,6,8,10-11H,4-5,7,9H2,1H3,(H2,23,24,25,26)/t11-/m0/s1. The van der Waals surface area contributed by atoms with Gasteiger partial charge in [0.2, 0.25) is 0 Å². The fourth-order valence-corrected chi connectivity index (χ4v) is 4.36. The molecule has 148 valence electrons. The fourth-order valence-electron chi connectivity index (χ4n) is 3.72. The number of fused-ring (bicyclic) bond motifs is 2. The molecule has 5 rings (SSSR count). The van der Waals surface area contributed by atoms with Crippen molar-refractivity contribution in [3.63, 3.8) is 0 Å². The van der Waals surface area contributed by atoms with Crippen molar-refractivity contribution >= 4 is 50.6 Å². The molecule has 0 saturated carbocycles. The van der Waals surface area contributed by atoms with Crippen molar-refractivity contribution in [2.45, 2.75) is 19.5 Å². The average Bonchev–Trinajstić information content (AvgIpc) is 3.32. The first-order valence-electron chi connectivity index (χ1n) is 9.42. The molecule has 1 amide bonds. The molecule has 0 aliphatic carbocycles. The smallest absolute Gasteiger partial charge is 0.271 e. The third kappa shape index (κ3) is 3.20. The number of morpholine rings is 1. The molecule has 2 aliphatic heterocycles. The maximum absolute atomic E-state index is 13.1. The number of halogens is 1. The second kappa shape index (κ2) is 7.23. The van der Waals surface area contributed by atoms with Gasteiger partial charge in [0.25, 0.3) is 5.91 Å². The SMILES string of the molecule is C[C@H]1COCCN1C(=O)c1[nH]c2ncnc(Nc3ccc4c(c3)C=NC4)c2c1Br. The van der Waals surface area contributed by atoms with Crippen LogP contribution in [-0.2, 0) is 11.3 Å². The van der Waals surface area contributed by atoms with Gasteiger partial charge in [-0.1, -0.05) is 6.07 Å². The molecule has 0 unspecified atom stereocenters. The Bertz CT molecular complexity index is 1140. The molecule has 1 saturated heterocycles. The zero-order valence-corrected chi connectivity index (χ0v) is 17.4. The lowest BCUT2D eigenvalue weighted by atomic mass is 10.1. The van der Waals surface area contributed by atoms with Crippen molar-refractivity contribution in [2.75, 3.05) is 25.1 Å². The summed E-state index contributed by atoms with van der Waals surface area (Å²) in [7, 11) is 0. The third-order valence-corrected chi connectivity index (χ3v) is 6.07. The molecular formula is C20H19BrN6O2. The number of benzene rings is 1. The minimum absolute atomic E-state index is 0.0197. The van der Waals surface area contributed by atoms with E-state index in [1.807, 2.05) is 30.2 Å². The predicted octanol–water partition coefficient (Wildman–Crippen LogP) is 3.26. The quantitative estimate of drug-likeness (QED) is 0.632. The number of carbonyl (C=O) groups is 1. The lowest BCUT2D eigenvalue weighted by molar-refractivity contribution is 0.00327. The summed E-state index contributed by atoms with van der Waals surface area (Å²) in [5.74, 6) is 0.549. The predicted molar refractivity (Wildman–Crippen MR) is 114 cm³/mol. The van der Waals surface area contributed by atoms with E-state index in [0.717, 1.165) is 23.2 Å². The van der Waals surface area contributed by atoms with Crippen molar-refractivity contribution in [3.05, 3.63) is 45.8 Å². The molecule has 1 aromatic carbocycles. The van der Waals surface area contributed by atoms with Crippen LogP contribution in [0.25, 0.3) is 11.0 Å². The summed E-state index contributed by atoms with van der Waals surface area (Å²) in [6.07, 6.45) is 3.36. The maximum Gasteiger partial charge on any atom is 0.271 e. The van der Waals surface area contributed by atoms with Crippen LogP contribution in [0.1, 0.15) is 28.5 Å². The number of hydrogen-bond donors (Lipinski definition) is 2. The van der Waals surface area contributed by atoms with E-state index in [1.165, 1.54) is 11.9 Å². The van der Waals surface area contributed by atoms with Gasteiger partial charge >= 0.3 is 0 Å². The second-order valence-corrected chi connectivity index (χ2v) is 7.98. The van der Waals surface area contributed by atoms with Crippen LogP contribution in [0.4, 0.5) is 11.5 Å². The van der Waals surface area contributed by atoms with Crippen LogP contribution in [0.5, 0.6) is 0 Å². The van der Waals surface area contributed by atoms with E-state index in [2.05, 4.69) is 47.3 Å². The zero-order valence-electron chi connectivity index (χ0n) is 15.8. The molecule has 0 radical (unpaired) electrons. The summed E-state index contributed by atoms with van der Waals surface area (Å²) in [4.78, 5) is 31.1. The molecular weight excluding hydrogens is 436 g/mol. The van der Waals surface area contributed by atoms with Gasteiger partial charge in [-0.3, -0.25) is 9.79 Å². The third-order valence-electron chi connectivity index (χ3n) is 5.27. The average molecular weight is 455 g/mol. The van der Waals surface area contributed by atoms with Crippen LogP contribution in [0.3, 0.4) is 0 Å². The number of nitrogens with one attached hydrogen (secondary N) is 2. The monoisotopic (exact) mass is 454 g/mol. The maximum atomic E-state index is 13.1. The topological polar surface area (TPSA) is 95.5 Å². The largest absolute Gasteiger partial charge is 0.377 e. The highest BCUT2D eigenvalue weighted by Gasteiger charge is 2.29. The van der Waals surface area contributed by atoms with E-state index in [4.69, 9.17) is 4.74 Å². The molecule has 9 heteroatoms. The Kier molecular flexibility index (Phi) is 4.56. The number of H-pyrrole nitrogens is 1. The lowest BCUT2D eigenvalue weighted by Gasteiger charge is -2.33. The number of aliphatic imine (C=N–C) groups is 1. The Morgan fingerprint density at radius 1 is 1.38 bits per heavy atom. The van der Waals surface area contributed by atoms with Gasteiger partial charge in [0.15, 0.2) is 0 Å². The van der Waals surface area contributed by atoms with Crippen molar-refractivity contribution in [3.8, 4) is 0 Å². The van der Waals surface area contributed by atoms with Gasteiger partial charge in [-0.05, 0) is 46.1 Å². The second-order valence-electron chi connectivity index (χ2n) is 7.19. The fraction of sp³-hybridized carbons (Fsp3) is 0.300. The number of aromatic nitrogens is 3. The van der Waals surface area contributed by atoms with Crippen molar-refractivity contribution < 1.29 is 9.53 Å². The molecule has 0 spiro atoms. The molecule has 3 aromatic rings. The Hall–Kier alpha value is -2.78. The van der Waals surface area contributed by atoms with Crippen LogP contribution in [0.2, 0.25) is 0 Å². The van der Waals surface area contributed by atoms with Crippen LogP contribution in [0, 0.1) is 0 Å². The molecule has 1 atom stereocenters. The molecule has 2 aromatic heterocycles. The van der Waals surface area contributed by atoms with E-state index >= 15 is 0 Å². The molecule has 0 bridgehead atoms. The highest BCUT2D eigenvalue weighted by Crippen LogP contribution is 2.34. The van der Waals surface area contributed by atoms with Crippen molar-refractivity contribution in [2.24, 2.45) is 4.99 Å². The zero-order chi connectivity index (χ0) is 20.0. The molecule has 2 N–H and O–H groups in total. The highest BCUT2D eigenvalue weighted by molar-refractivity contribution is 9.10. The number of rotatable bonds is 3. The summed E-state index contributed by atoms with van der Waals surface area (Å²) >= 11 is 3.60. The Labute approximate surface area is 175 Å². The van der Waals surface area contributed by atoms with E-state index < -0.39 is 0 Å². The van der Waals surface area contributed by atoms with E-state index in [9.17, 15) is 4.79 Å². The van der Waals surface area contributed by atoms with E-state index in [1.54, 1.807) is 0 Å². The van der Waals surface area contributed by atoms with Gasteiger partial charge in [-0.25, -0.2) is 9.97 Å². The first-order valence-corrected chi connectivity index (χ1v) is 10.2. The van der Waals surface area contributed by atoms with Crippen molar-refractivity contribution in [1.82, 2.24) is 19.9 Å². The number of aromatic amines is 1. The first kappa shape index (κ1) is 18.3. The van der Waals surface area contributed by atoms with Gasteiger partial charge in [0.05, 0.1) is 35.7 Å². The van der Waals surface area contributed by atoms with Gasteiger partial charge in [-0.15, -0.1) is 0 Å². The van der Waals surface area contributed by atoms with E-state index in [0.29, 0.717) is 41.4 Å². The Morgan fingerprint density at radius 3 is 3.14 bits per heavy atom. The van der Waals surface area contributed by atoms with Crippen LogP contribution in [-0.4, -0.2) is 57.8 Å². The number of amides is 1. The van der Waals surface area contributed by atoms with Gasteiger partial charge in [0.1, 0.15) is 23.5 Å². The van der Waals surface area contributed by atoms with Gasteiger partial charge < -0.3 is 19.9 Å². The molecule has 2 aliphatic rings. The Balaban J connectivity index is 1.51. The summed E-state index contributed by atoms with van der Waals surface area (Å²) in [6, 6.07) is 6.13. The van der Waals surface area contributed by atoms with Crippen molar-refractivity contribution in [1.29, 1.82) is 0 Å². The molecule has 4 heterocycles. The van der Waals surface area contributed by atoms with Gasteiger partial charge in [0, 0.05) is 18.4 Å². The lowest BCUT2D eigenvalue weighted by Crippen LogP contribution is -2.47. The normalized spacial score (nSPS) is 18.3. The minimum atomic E-state index is -0.0784. The minimum Gasteiger partial charge on any atom is -0.377 e. The van der Waals surface area contributed by atoms with Crippen LogP contribution < -0.4 is 5.32 Å². The van der Waals surface area contributed by atoms with Crippen LogP contribution >= 0.6 is 15.9 Å². The number of nitrogens with zero attached hydrogens (tertiary/aromatic N) is 4. The summed E-state index contributed by atoms with van der Waals surface area (Å²) in [5, 5.41) is 4.09. The van der Waals surface area contributed by atoms with E-state index in [-0.39, 0.29) is 11.9 Å². The summed E-state index contributed by atoms with van der Waals surface area (Å²) in [6.45, 7) is 4.36. The Morgan fingerprint density at radius 2 is 2.28 bits per heavy atom. The molecule has 1 fully saturated rings.